The van der Waals surface area contributed by atoms with Crippen molar-refractivity contribution in [3.63, 3.8) is 0 Å². The number of rotatable bonds is 3. The first-order valence-electron chi connectivity index (χ1n) is 5.83. The lowest BCUT2D eigenvalue weighted by Gasteiger charge is -2.09. The van der Waals surface area contributed by atoms with Crippen molar-refractivity contribution in [1.29, 1.82) is 0 Å². The Morgan fingerprint density at radius 2 is 1.67 bits per heavy atom. The number of nitrogens with one attached hydrogen (secondary N) is 2. The minimum absolute atomic E-state index is 0.0319. The maximum Gasteiger partial charge on any atom is 0.338 e. The molecule has 2 rings (SSSR count). The highest BCUT2D eigenvalue weighted by Gasteiger charge is 2.12. The van der Waals surface area contributed by atoms with Crippen molar-refractivity contribution in [2.75, 3.05) is 10.6 Å². The molecular weight excluding hydrogens is 282 g/mol. The molecule has 2 aromatic carbocycles. The fourth-order valence-electron chi connectivity index (χ4n) is 1.61. The zero-order chi connectivity index (χ0) is 15.4. The molecule has 0 aliphatic rings. The molecular formula is C14H10F2N2O3. The number of hydrogen-bond donors (Lipinski definition) is 3. The summed E-state index contributed by atoms with van der Waals surface area (Å²) in [6.07, 6.45) is 0. The summed E-state index contributed by atoms with van der Waals surface area (Å²) in [7, 11) is 0. The molecule has 0 aliphatic heterocycles. The Balaban J connectivity index is 2.12. The summed E-state index contributed by atoms with van der Waals surface area (Å²) < 4.78 is 26.5. The Morgan fingerprint density at radius 3 is 2.33 bits per heavy atom. The van der Waals surface area contributed by atoms with Gasteiger partial charge in [0.1, 0.15) is 11.6 Å². The molecule has 7 heteroatoms. The van der Waals surface area contributed by atoms with Crippen molar-refractivity contribution >= 4 is 23.4 Å². The highest BCUT2D eigenvalue weighted by atomic mass is 19.1. The summed E-state index contributed by atoms with van der Waals surface area (Å²) in [5.74, 6) is -2.98. The van der Waals surface area contributed by atoms with E-state index >= 15 is 0 Å². The average Bonchev–Trinajstić information content (AvgIpc) is 2.43. The molecule has 0 aliphatic carbocycles. The van der Waals surface area contributed by atoms with Crippen LogP contribution >= 0.6 is 0 Å². The van der Waals surface area contributed by atoms with Gasteiger partial charge in [-0.05, 0) is 30.3 Å². The maximum atomic E-state index is 13.3. The Hall–Kier alpha value is -2.96. The van der Waals surface area contributed by atoms with Gasteiger partial charge in [0.05, 0.1) is 11.3 Å². The number of amides is 2. The third-order valence-electron chi connectivity index (χ3n) is 2.58. The van der Waals surface area contributed by atoms with Crippen LogP contribution in [0.25, 0.3) is 0 Å². The lowest BCUT2D eigenvalue weighted by atomic mass is 10.2. The standard InChI is InChI=1S/C14H10F2N2O3/c15-10-6-5-8(7-9(10)13(19)20)17-14(21)18-12-4-2-1-3-11(12)16/h1-7H,(H,19,20)(H2,17,18,21). The van der Waals surface area contributed by atoms with Gasteiger partial charge in [-0.15, -0.1) is 0 Å². The number of benzene rings is 2. The molecule has 2 amide bonds. The van der Waals surface area contributed by atoms with Crippen LogP contribution in [0.15, 0.2) is 42.5 Å². The average molecular weight is 292 g/mol. The summed E-state index contributed by atoms with van der Waals surface area (Å²) in [5, 5.41) is 13.3. The number of carbonyl (C=O) groups is 2. The number of anilines is 2. The van der Waals surface area contributed by atoms with Gasteiger partial charge in [-0.2, -0.15) is 0 Å². The first-order valence-corrected chi connectivity index (χ1v) is 5.83. The number of aromatic carboxylic acids is 1. The fourth-order valence-corrected chi connectivity index (χ4v) is 1.61. The van der Waals surface area contributed by atoms with Gasteiger partial charge in [0.25, 0.3) is 0 Å². The molecule has 0 unspecified atom stereocenters. The summed E-state index contributed by atoms with van der Waals surface area (Å²) in [6, 6.07) is 7.86. The van der Waals surface area contributed by atoms with Crippen LogP contribution in [0.3, 0.4) is 0 Å². The van der Waals surface area contributed by atoms with Crippen LogP contribution in [0.5, 0.6) is 0 Å². The quantitative estimate of drug-likeness (QED) is 0.812. The van der Waals surface area contributed by atoms with Crippen LogP contribution in [-0.2, 0) is 0 Å². The second-order valence-electron chi connectivity index (χ2n) is 4.06. The number of hydrogen-bond acceptors (Lipinski definition) is 2. The largest absolute Gasteiger partial charge is 0.478 e. The monoisotopic (exact) mass is 292 g/mol. The van der Waals surface area contributed by atoms with Crippen molar-refractivity contribution < 1.29 is 23.5 Å². The molecule has 0 saturated heterocycles. The Bertz CT molecular complexity index is 704. The number of carboxylic acid groups (broad SMARTS) is 1. The van der Waals surface area contributed by atoms with E-state index in [0.29, 0.717) is 0 Å². The summed E-state index contributed by atoms with van der Waals surface area (Å²) in [4.78, 5) is 22.4. The minimum Gasteiger partial charge on any atom is -0.478 e. The summed E-state index contributed by atoms with van der Waals surface area (Å²) in [5.41, 5.74) is -0.531. The van der Waals surface area contributed by atoms with Gasteiger partial charge in [-0.25, -0.2) is 18.4 Å². The second-order valence-corrected chi connectivity index (χ2v) is 4.06. The van der Waals surface area contributed by atoms with Crippen LogP contribution in [0, 0.1) is 11.6 Å². The second kappa shape index (κ2) is 6.00. The Kier molecular flexibility index (Phi) is 4.13. The molecule has 0 radical (unpaired) electrons. The first kappa shape index (κ1) is 14.4. The molecule has 2 aromatic rings. The van der Waals surface area contributed by atoms with Crippen molar-refractivity contribution in [2.45, 2.75) is 0 Å². The molecule has 3 N–H and O–H groups in total. The van der Waals surface area contributed by atoms with Gasteiger partial charge >= 0.3 is 12.0 Å². The van der Waals surface area contributed by atoms with E-state index in [0.717, 1.165) is 12.1 Å². The zero-order valence-electron chi connectivity index (χ0n) is 10.6. The molecule has 21 heavy (non-hydrogen) atoms. The van der Waals surface area contributed by atoms with Crippen molar-refractivity contribution in [3.05, 3.63) is 59.7 Å². The van der Waals surface area contributed by atoms with Gasteiger partial charge in [-0.1, -0.05) is 12.1 Å². The van der Waals surface area contributed by atoms with E-state index in [2.05, 4.69) is 10.6 Å². The summed E-state index contributed by atoms with van der Waals surface area (Å²) in [6.45, 7) is 0. The number of carboxylic acids is 1. The molecule has 0 atom stereocenters. The molecule has 108 valence electrons. The van der Waals surface area contributed by atoms with E-state index in [-0.39, 0.29) is 11.4 Å². The van der Waals surface area contributed by atoms with Gasteiger partial charge in [-0.3, -0.25) is 0 Å². The smallest absolute Gasteiger partial charge is 0.338 e. The van der Waals surface area contributed by atoms with E-state index in [1.54, 1.807) is 6.07 Å². The molecule has 0 aromatic heterocycles. The van der Waals surface area contributed by atoms with Crippen LogP contribution in [0.4, 0.5) is 25.0 Å². The molecule has 0 heterocycles. The third-order valence-corrected chi connectivity index (χ3v) is 2.58. The highest BCUT2D eigenvalue weighted by molar-refractivity contribution is 6.00. The summed E-state index contributed by atoms with van der Waals surface area (Å²) >= 11 is 0. The SMILES string of the molecule is O=C(Nc1ccc(F)c(C(=O)O)c1)Nc1ccccc1F. The molecule has 5 nitrogen and oxygen atoms in total. The van der Waals surface area contributed by atoms with Gasteiger partial charge in [0.2, 0.25) is 0 Å². The lowest BCUT2D eigenvalue weighted by Crippen LogP contribution is -2.20. The van der Waals surface area contributed by atoms with Crippen molar-refractivity contribution in [3.8, 4) is 0 Å². The fraction of sp³-hybridized carbons (Fsp3) is 0. The number of halogens is 2. The van der Waals surface area contributed by atoms with E-state index < -0.39 is 29.2 Å². The molecule has 0 saturated carbocycles. The molecule has 0 spiro atoms. The predicted molar refractivity (Wildman–Crippen MR) is 72.4 cm³/mol. The highest BCUT2D eigenvalue weighted by Crippen LogP contribution is 2.16. The van der Waals surface area contributed by atoms with Gasteiger partial charge in [0.15, 0.2) is 0 Å². The van der Waals surface area contributed by atoms with Crippen molar-refractivity contribution in [1.82, 2.24) is 0 Å². The normalized spacial score (nSPS) is 10.0. The first-order chi connectivity index (χ1) is 9.97. The van der Waals surface area contributed by atoms with Gasteiger partial charge in [0, 0.05) is 5.69 Å². The minimum atomic E-state index is -1.45. The third kappa shape index (κ3) is 3.53. The predicted octanol–water partition coefficient (Wildman–Crippen LogP) is 3.31. The topological polar surface area (TPSA) is 78.4 Å². The van der Waals surface area contributed by atoms with Crippen LogP contribution in [-0.4, -0.2) is 17.1 Å². The van der Waals surface area contributed by atoms with Crippen LogP contribution in [0.1, 0.15) is 10.4 Å². The Labute approximate surface area is 118 Å². The molecule has 0 bridgehead atoms. The van der Waals surface area contributed by atoms with Crippen molar-refractivity contribution in [2.24, 2.45) is 0 Å². The number of urea groups is 1. The number of carbonyl (C=O) groups excluding carboxylic acids is 1. The van der Waals surface area contributed by atoms with E-state index in [9.17, 15) is 18.4 Å². The van der Waals surface area contributed by atoms with Gasteiger partial charge < -0.3 is 15.7 Å². The zero-order valence-corrected chi connectivity index (χ0v) is 10.6. The number of para-hydroxylation sites is 1. The Morgan fingerprint density at radius 1 is 0.952 bits per heavy atom. The van der Waals surface area contributed by atoms with Crippen LogP contribution < -0.4 is 10.6 Å². The van der Waals surface area contributed by atoms with E-state index in [1.165, 1.54) is 24.3 Å². The lowest BCUT2D eigenvalue weighted by molar-refractivity contribution is 0.0692. The van der Waals surface area contributed by atoms with E-state index in [1.807, 2.05) is 0 Å². The molecule has 0 fully saturated rings. The van der Waals surface area contributed by atoms with Crippen LogP contribution in [0.2, 0.25) is 0 Å². The maximum absolute atomic E-state index is 13.3. The van der Waals surface area contributed by atoms with E-state index in [4.69, 9.17) is 5.11 Å².